The summed E-state index contributed by atoms with van der Waals surface area (Å²) in [6.07, 6.45) is 0. The zero-order valence-corrected chi connectivity index (χ0v) is 7.39. The normalized spacial score (nSPS) is 9.38. The Hall–Kier alpha value is -1.47. The first kappa shape index (κ1) is 9.62. The Labute approximate surface area is 78.9 Å². The van der Waals surface area contributed by atoms with E-state index in [-0.39, 0.29) is 16.3 Å². The molecule has 68 valence electrons. The first-order valence-corrected chi connectivity index (χ1v) is 3.64. The summed E-state index contributed by atoms with van der Waals surface area (Å²) < 4.78 is 17.5. The van der Waals surface area contributed by atoms with Gasteiger partial charge >= 0.3 is 0 Å². The molecule has 1 aromatic carbocycles. The second-order valence-corrected chi connectivity index (χ2v) is 2.59. The van der Waals surface area contributed by atoms with E-state index in [9.17, 15) is 4.39 Å². The molecule has 0 aliphatic heterocycles. The lowest BCUT2D eigenvalue weighted by molar-refractivity contribution is 0.370. The first-order chi connectivity index (χ1) is 6.11. The molecule has 0 amide bonds. The molecule has 3 nitrogen and oxygen atoms in total. The van der Waals surface area contributed by atoms with E-state index in [0.717, 1.165) is 6.07 Å². The summed E-state index contributed by atoms with van der Waals surface area (Å²) in [6.45, 7) is 0. The average Bonchev–Trinajstić information content (AvgIpc) is 2.10. The van der Waals surface area contributed by atoms with Gasteiger partial charge in [0.05, 0.1) is 12.1 Å². The zero-order valence-electron chi connectivity index (χ0n) is 6.64. The summed E-state index contributed by atoms with van der Waals surface area (Å²) in [5, 5.41) is 17.4. The number of rotatable bonds is 1. The van der Waals surface area contributed by atoms with Gasteiger partial charge in [-0.25, -0.2) is 4.39 Å². The van der Waals surface area contributed by atoms with Crippen LogP contribution >= 0.6 is 11.6 Å². The van der Waals surface area contributed by atoms with Crippen LogP contribution in [0.1, 0.15) is 5.56 Å². The number of methoxy groups -OCH3 is 1. The Morgan fingerprint density at radius 2 is 2.31 bits per heavy atom. The molecule has 0 spiro atoms. The minimum absolute atomic E-state index is 0.117. The van der Waals surface area contributed by atoms with Crippen LogP contribution in [-0.4, -0.2) is 12.2 Å². The standard InChI is InChI=1S/C8H5ClFNO2/c1-13-8-4(3-11)7(9)5(10)2-6(8)12/h2,12H,1H3. The molecule has 0 aliphatic rings. The number of benzene rings is 1. The molecular weight excluding hydrogens is 197 g/mol. The highest BCUT2D eigenvalue weighted by Crippen LogP contribution is 2.36. The largest absolute Gasteiger partial charge is 0.504 e. The second-order valence-electron chi connectivity index (χ2n) is 2.21. The maximum absolute atomic E-state index is 12.8. The van der Waals surface area contributed by atoms with Crippen molar-refractivity contribution in [2.75, 3.05) is 7.11 Å². The van der Waals surface area contributed by atoms with Crippen molar-refractivity contribution in [1.29, 1.82) is 5.26 Å². The van der Waals surface area contributed by atoms with Crippen LogP contribution in [0.25, 0.3) is 0 Å². The number of nitriles is 1. The highest BCUT2D eigenvalue weighted by atomic mass is 35.5. The van der Waals surface area contributed by atoms with Crippen LogP contribution in [0.2, 0.25) is 5.02 Å². The smallest absolute Gasteiger partial charge is 0.180 e. The molecule has 1 aromatic rings. The molecule has 0 radical (unpaired) electrons. The molecule has 0 saturated heterocycles. The fourth-order valence-electron chi connectivity index (χ4n) is 0.903. The van der Waals surface area contributed by atoms with Crippen LogP contribution in [0.4, 0.5) is 4.39 Å². The van der Waals surface area contributed by atoms with Crippen molar-refractivity contribution in [3.63, 3.8) is 0 Å². The van der Waals surface area contributed by atoms with Gasteiger partial charge in [0.15, 0.2) is 11.5 Å². The highest BCUT2D eigenvalue weighted by Gasteiger charge is 2.16. The van der Waals surface area contributed by atoms with E-state index in [1.54, 1.807) is 6.07 Å². The minimum atomic E-state index is -0.850. The van der Waals surface area contributed by atoms with Crippen molar-refractivity contribution < 1.29 is 14.2 Å². The van der Waals surface area contributed by atoms with Gasteiger partial charge in [-0.3, -0.25) is 0 Å². The van der Waals surface area contributed by atoms with E-state index in [0.29, 0.717) is 0 Å². The minimum Gasteiger partial charge on any atom is -0.504 e. The first-order valence-electron chi connectivity index (χ1n) is 3.26. The monoisotopic (exact) mass is 201 g/mol. The number of ether oxygens (including phenoxy) is 1. The molecule has 1 rings (SSSR count). The van der Waals surface area contributed by atoms with Gasteiger partial charge in [0, 0.05) is 6.07 Å². The molecule has 0 bridgehead atoms. The van der Waals surface area contributed by atoms with Gasteiger partial charge in [0.25, 0.3) is 0 Å². The van der Waals surface area contributed by atoms with E-state index >= 15 is 0 Å². The molecule has 13 heavy (non-hydrogen) atoms. The molecule has 0 saturated carbocycles. The Kier molecular flexibility index (Phi) is 2.59. The Balaban J connectivity index is 3.53. The van der Waals surface area contributed by atoms with Crippen molar-refractivity contribution in [1.82, 2.24) is 0 Å². The molecular formula is C8H5ClFNO2. The lowest BCUT2D eigenvalue weighted by Crippen LogP contribution is -1.92. The molecule has 0 unspecified atom stereocenters. The maximum atomic E-state index is 12.8. The molecule has 0 fully saturated rings. The lowest BCUT2D eigenvalue weighted by atomic mass is 10.2. The molecule has 1 N–H and O–H groups in total. The quantitative estimate of drug-likeness (QED) is 0.757. The number of phenolic OH excluding ortho intramolecular Hbond substituents is 1. The highest BCUT2D eigenvalue weighted by molar-refractivity contribution is 6.32. The number of halogens is 2. The third kappa shape index (κ3) is 1.51. The molecule has 0 atom stereocenters. The van der Waals surface area contributed by atoms with Gasteiger partial charge in [0.2, 0.25) is 0 Å². The number of phenols is 1. The summed E-state index contributed by atoms with van der Waals surface area (Å²) in [5.74, 6) is -1.41. The van der Waals surface area contributed by atoms with Crippen molar-refractivity contribution in [3.8, 4) is 17.6 Å². The van der Waals surface area contributed by atoms with Crippen LogP contribution in [0.5, 0.6) is 11.5 Å². The van der Waals surface area contributed by atoms with Crippen LogP contribution in [0.3, 0.4) is 0 Å². The van der Waals surface area contributed by atoms with Crippen LogP contribution in [-0.2, 0) is 0 Å². The number of nitrogens with zero attached hydrogens (tertiary/aromatic N) is 1. The van der Waals surface area contributed by atoms with E-state index in [1.807, 2.05) is 0 Å². The van der Waals surface area contributed by atoms with Crippen molar-refractivity contribution in [3.05, 3.63) is 22.5 Å². The zero-order chi connectivity index (χ0) is 10.0. The van der Waals surface area contributed by atoms with E-state index in [1.165, 1.54) is 7.11 Å². The fourth-order valence-corrected chi connectivity index (χ4v) is 1.09. The van der Waals surface area contributed by atoms with Gasteiger partial charge < -0.3 is 9.84 Å². The molecule has 0 heterocycles. The van der Waals surface area contributed by atoms with E-state index in [4.69, 9.17) is 22.0 Å². The number of hydrogen-bond acceptors (Lipinski definition) is 3. The molecule has 5 heteroatoms. The summed E-state index contributed by atoms with van der Waals surface area (Å²) in [4.78, 5) is 0. The van der Waals surface area contributed by atoms with Crippen molar-refractivity contribution >= 4 is 11.6 Å². The summed E-state index contributed by atoms with van der Waals surface area (Å²) >= 11 is 5.46. The SMILES string of the molecule is COc1c(O)cc(F)c(Cl)c1C#N. The van der Waals surface area contributed by atoms with Crippen LogP contribution < -0.4 is 4.74 Å². The van der Waals surface area contributed by atoms with Crippen LogP contribution in [0.15, 0.2) is 6.07 Å². The molecule has 0 aliphatic carbocycles. The van der Waals surface area contributed by atoms with Gasteiger partial charge in [0.1, 0.15) is 17.4 Å². The third-order valence-corrected chi connectivity index (χ3v) is 1.84. The predicted octanol–water partition coefficient (Wildman–Crippen LogP) is 2.06. The average molecular weight is 202 g/mol. The Bertz CT molecular complexity index is 387. The third-order valence-electron chi connectivity index (χ3n) is 1.47. The van der Waals surface area contributed by atoms with E-state index in [2.05, 4.69) is 4.74 Å². The maximum Gasteiger partial charge on any atom is 0.180 e. The molecule has 0 aromatic heterocycles. The topological polar surface area (TPSA) is 53.2 Å². The summed E-state index contributed by atoms with van der Waals surface area (Å²) in [5.41, 5.74) is -0.207. The van der Waals surface area contributed by atoms with Gasteiger partial charge in [-0.1, -0.05) is 11.6 Å². The Morgan fingerprint density at radius 3 is 2.77 bits per heavy atom. The van der Waals surface area contributed by atoms with Gasteiger partial charge in [-0.15, -0.1) is 0 Å². The Morgan fingerprint density at radius 1 is 1.69 bits per heavy atom. The summed E-state index contributed by atoms with van der Waals surface area (Å²) in [6, 6.07) is 2.43. The predicted molar refractivity (Wildman–Crippen MR) is 44.3 cm³/mol. The lowest BCUT2D eigenvalue weighted by Gasteiger charge is -2.06. The number of hydrogen-bond donors (Lipinski definition) is 1. The van der Waals surface area contributed by atoms with Gasteiger partial charge in [-0.05, 0) is 0 Å². The van der Waals surface area contributed by atoms with E-state index < -0.39 is 11.6 Å². The van der Waals surface area contributed by atoms with Gasteiger partial charge in [-0.2, -0.15) is 5.26 Å². The fraction of sp³-hybridized carbons (Fsp3) is 0.125. The number of aromatic hydroxyl groups is 1. The summed E-state index contributed by atoms with van der Waals surface area (Å²) in [7, 11) is 1.25. The van der Waals surface area contributed by atoms with Crippen LogP contribution in [0, 0.1) is 17.1 Å². The van der Waals surface area contributed by atoms with Crippen molar-refractivity contribution in [2.24, 2.45) is 0 Å². The van der Waals surface area contributed by atoms with Crippen molar-refractivity contribution in [2.45, 2.75) is 0 Å². The second kappa shape index (κ2) is 3.50.